The molecular formula is C17H26IN5O2. The first kappa shape index (κ1) is 21.1. The number of hydrogen-bond acceptors (Lipinski definition) is 4. The molecule has 1 aromatic carbocycles. The third-order valence-corrected chi connectivity index (χ3v) is 3.83. The number of nitrogens with one attached hydrogen (secondary N) is 1. The van der Waals surface area contributed by atoms with Crippen LogP contribution in [0.1, 0.15) is 11.3 Å². The number of aromatic nitrogens is 2. The molecule has 0 radical (unpaired) electrons. The zero-order valence-corrected chi connectivity index (χ0v) is 17.6. The molecule has 0 aliphatic rings. The van der Waals surface area contributed by atoms with Crippen LogP contribution < -0.4 is 14.8 Å². The van der Waals surface area contributed by atoms with Gasteiger partial charge in [-0.3, -0.25) is 9.67 Å². The minimum atomic E-state index is 0. The molecule has 0 unspecified atom stereocenters. The molecule has 0 saturated carbocycles. The van der Waals surface area contributed by atoms with E-state index >= 15 is 0 Å². The van der Waals surface area contributed by atoms with Crippen LogP contribution in [0.3, 0.4) is 0 Å². The molecule has 0 bridgehead atoms. The third-order valence-electron chi connectivity index (χ3n) is 3.83. The highest BCUT2D eigenvalue weighted by Gasteiger charge is 2.11. The van der Waals surface area contributed by atoms with E-state index in [0.29, 0.717) is 13.1 Å². The summed E-state index contributed by atoms with van der Waals surface area (Å²) in [5, 5.41) is 7.51. The van der Waals surface area contributed by atoms with Crippen LogP contribution >= 0.6 is 24.0 Å². The number of guanidine groups is 1. The minimum Gasteiger partial charge on any atom is -0.497 e. The van der Waals surface area contributed by atoms with E-state index < -0.39 is 0 Å². The van der Waals surface area contributed by atoms with Crippen LogP contribution in [0.15, 0.2) is 35.5 Å². The lowest BCUT2D eigenvalue weighted by atomic mass is 10.2. The fourth-order valence-corrected chi connectivity index (χ4v) is 2.44. The highest BCUT2D eigenvalue weighted by Crippen LogP contribution is 2.25. The summed E-state index contributed by atoms with van der Waals surface area (Å²) in [4.78, 5) is 6.38. The topological polar surface area (TPSA) is 63.9 Å². The Morgan fingerprint density at radius 2 is 2.04 bits per heavy atom. The molecule has 7 nitrogen and oxygen atoms in total. The number of benzene rings is 1. The Hall–Kier alpha value is -1.97. The molecule has 0 fully saturated rings. The van der Waals surface area contributed by atoms with E-state index in [-0.39, 0.29) is 24.0 Å². The molecule has 0 spiro atoms. The molecule has 0 atom stereocenters. The van der Waals surface area contributed by atoms with Crippen LogP contribution in [0.2, 0.25) is 0 Å². The SMILES string of the molecule is CN=C(NCc1ccnn1C)N(C)Cc1ccc(OC)cc1OC.I. The number of methoxy groups -OCH3 is 2. The van der Waals surface area contributed by atoms with Gasteiger partial charge in [0, 0.05) is 45.5 Å². The van der Waals surface area contributed by atoms with Crippen LogP contribution in [0.25, 0.3) is 0 Å². The smallest absolute Gasteiger partial charge is 0.194 e. The molecule has 0 aliphatic carbocycles. The quantitative estimate of drug-likeness (QED) is 0.408. The zero-order chi connectivity index (χ0) is 17.5. The van der Waals surface area contributed by atoms with E-state index in [4.69, 9.17) is 9.47 Å². The number of rotatable bonds is 6. The first-order chi connectivity index (χ1) is 11.6. The summed E-state index contributed by atoms with van der Waals surface area (Å²) in [7, 11) is 8.99. The monoisotopic (exact) mass is 459 g/mol. The Bertz CT molecular complexity index is 702. The molecular weight excluding hydrogens is 433 g/mol. The van der Waals surface area contributed by atoms with Gasteiger partial charge in [0.1, 0.15) is 11.5 Å². The molecule has 2 aromatic rings. The number of aliphatic imine (C=N–C) groups is 1. The molecule has 0 amide bonds. The van der Waals surface area contributed by atoms with Gasteiger partial charge in [-0.25, -0.2) is 0 Å². The average molecular weight is 459 g/mol. The maximum Gasteiger partial charge on any atom is 0.194 e. The molecule has 0 aliphatic heterocycles. The Morgan fingerprint density at radius 1 is 1.28 bits per heavy atom. The normalized spacial score (nSPS) is 10.8. The molecule has 138 valence electrons. The predicted molar refractivity (Wildman–Crippen MR) is 110 cm³/mol. The first-order valence-corrected chi connectivity index (χ1v) is 7.68. The van der Waals surface area contributed by atoms with Gasteiger partial charge in [-0.05, 0) is 18.2 Å². The molecule has 2 rings (SSSR count). The summed E-state index contributed by atoms with van der Waals surface area (Å²) in [5.41, 5.74) is 2.15. The number of nitrogens with zero attached hydrogens (tertiary/aromatic N) is 4. The maximum atomic E-state index is 5.46. The average Bonchev–Trinajstić information content (AvgIpc) is 3.01. The van der Waals surface area contributed by atoms with E-state index in [9.17, 15) is 0 Å². The van der Waals surface area contributed by atoms with E-state index in [0.717, 1.165) is 28.7 Å². The van der Waals surface area contributed by atoms with Gasteiger partial charge in [0.05, 0.1) is 26.5 Å². The van der Waals surface area contributed by atoms with Gasteiger partial charge in [-0.2, -0.15) is 5.10 Å². The van der Waals surface area contributed by atoms with Crippen molar-refractivity contribution in [1.29, 1.82) is 0 Å². The second-order valence-corrected chi connectivity index (χ2v) is 5.38. The lowest BCUT2D eigenvalue weighted by molar-refractivity contribution is 0.382. The Morgan fingerprint density at radius 3 is 2.60 bits per heavy atom. The van der Waals surface area contributed by atoms with Crippen molar-refractivity contribution in [2.45, 2.75) is 13.1 Å². The number of hydrogen-bond donors (Lipinski definition) is 1. The summed E-state index contributed by atoms with van der Waals surface area (Å²) in [6.07, 6.45) is 1.78. The lowest BCUT2D eigenvalue weighted by Gasteiger charge is -2.23. The fraction of sp³-hybridized carbons (Fsp3) is 0.412. The number of aryl methyl sites for hydroxylation is 1. The highest BCUT2D eigenvalue weighted by atomic mass is 127. The Kier molecular flexibility index (Phi) is 8.53. The van der Waals surface area contributed by atoms with Crippen molar-refractivity contribution >= 4 is 29.9 Å². The van der Waals surface area contributed by atoms with Crippen molar-refractivity contribution in [3.05, 3.63) is 41.7 Å². The van der Waals surface area contributed by atoms with Crippen LogP contribution in [0, 0.1) is 0 Å². The third kappa shape index (κ3) is 5.52. The van der Waals surface area contributed by atoms with E-state index in [1.807, 2.05) is 47.9 Å². The summed E-state index contributed by atoms with van der Waals surface area (Å²) < 4.78 is 12.5. The van der Waals surface area contributed by atoms with Gasteiger partial charge < -0.3 is 19.7 Å². The van der Waals surface area contributed by atoms with Crippen LogP contribution in [-0.2, 0) is 20.1 Å². The standard InChI is InChI=1S/C17H25N5O2.HI/c1-18-17(19-11-14-8-9-20-22(14)3)21(2)12-13-6-7-15(23-4)10-16(13)24-5;/h6-10H,11-12H2,1-5H3,(H,18,19);1H. The van der Waals surface area contributed by atoms with Gasteiger partial charge in [-0.15, -0.1) is 24.0 Å². The van der Waals surface area contributed by atoms with Crippen LogP contribution in [-0.4, -0.2) is 49.0 Å². The van der Waals surface area contributed by atoms with Crippen molar-refractivity contribution in [1.82, 2.24) is 20.0 Å². The van der Waals surface area contributed by atoms with Gasteiger partial charge in [0.2, 0.25) is 0 Å². The van der Waals surface area contributed by atoms with Crippen LogP contribution in [0.4, 0.5) is 0 Å². The van der Waals surface area contributed by atoms with Gasteiger partial charge >= 0.3 is 0 Å². The molecule has 25 heavy (non-hydrogen) atoms. The van der Waals surface area contributed by atoms with Crippen LogP contribution in [0.5, 0.6) is 11.5 Å². The fourth-order valence-electron chi connectivity index (χ4n) is 2.44. The predicted octanol–water partition coefficient (Wildman–Crippen LogP) is 2.26. The van der Waals surface area contributed by atoms with Gasteiger partial charge in [0.15, 0.2) is 5.96 Å². The molecule has 1 aromatic heterocycles. The van der Waals surface area contributed by atoms with Crippen molar-refractivity contribution < 1.29 is 9.47 Å². The zero-order valence-electron chi connectivity index (χ0n) is 15.3. The summed E-state index contributed by atoms with van der Waals surface area (Å²) >= 11 is 0. The van der Waals surface area contributed by atoms with E-state index in [1.54, 1.807) is 27.5 Å². The largest absolute Gasteiger partial charge is 0.497 e. The molecule has 1 heterocycles. The highest BCUT2D eigenvalue weighted by molar-refractivity contribution is 14.0. The minimum absolute atomic E-state index is 0. The number of halogens is 1. The summed E-state index contributed by atoms with van der Waals surface area (Å²) in [6.45, 7) is 1.32. The van der Waals surface area contributed by atoms with E-state index in [1.165, 1.54) is 0 Å². The van der Waals surface area contributed by atoms with Crippen molar-refractivity contribution in [2.75, 3.05) is 28.3 Å². The van der Waals surface area contributed by atoms with Crippen molar-refractivity contribution in [3.63, 3.8) is 0 Å². The molecule has 1 N–H and O–H groups in total. The molecule has 0 saturated heterocycles. The Balaban J connectivity index is 0.00000312. The maximum absolute atomic E-state index is 5.46. The second kappa shape index (κ2) is 10.1. The summed E-state index contributed by atoms with van der Waals surface area (Å²) in [6, 6.07) is 7.79. The van der Waals surface area contributed by atoms with Crippen molar-refractivity contribution in [3.8, 4) is 11.5 Å². The van der Waals surface area contributed by atoms with Gasteiger partial charge in [0.25, 0.3) is 0 Å². The summed E-state index contributed by atoms with van der Waals surface area (Å²) in [5.74, 6) is 2.37. The lowest BCUT2D eigenvalue weighted by Crippen LogP contribution is -2.38. The van der Waals surface area contributed by atoms with Crippen molar-refractivity contribution in [2.24, 2.45) is 12.0 Å². The van der Waals surface area contributed by atoms with E-state index in [2.05, 4.69) is 15.4 Å². The first-order valence-electron chi connectivity index (χ1n) is 7.68. The molecule has 8 heteroatoms. The number of ether oxygens (including phenoxy) is 2. The Labute approximate surface area is 166 Å². The second-order valence-electron chi connectivity index (χ2n) is 5.38. The van der Waals surface area contributed by atoms with Gasteiger partial charge in [-0.1, -0.05) is 0 Å².